The second-order valence-electron chi connectivity index (χ2n) is 18.9. The number of hydrogen-bond acceptors (Lipinski definition) is 6. The Bertz CT molecular complexity index is 887. The van der Waals surface area contributed by atoms with E-state index in [1.54, 1.807) is 0 Å². The molecule has 1 N–H and O–H groups in total. The fourth-order valence-corrected chi connectivity index (χ4v) is 7.80. The van der Waals surface area contributed by atoms with Crippen molar-refractivity contribution in [2.45, 2.75) is 222 Å². The second-order valence-corrected chi connectivity index (χ2v) is 18.9. The first-order valence-electron chi connectivity index (χ1n) is 23.7. The van der Waals surface area contributed by atoms with Gasteiger partial charge >= 0.3 is 11.9 Å². The predicted octanol–water partition coefficient (Wildman–Crippen LogP) is 12.5. The van der Waals surface area contributed by atoms with E-state index in [4.69, 9.17) is 9.47 Å². The predicted molar refractivity (Wildman–Crippen MR) is 232 cm³/mol. The smallest absolute Gasteiger partial charge is 0.305 e. The van der Waals surface area contributed by atoms with Gasteiger partial charge in [0.05, 0.1) is 13.2 Å². The quantitative estimate of drug-likeness (QED) is 0.0504. The topological polar surface area (TPSA) is 84.9 Å². The van der Waals surface area contributed by atoms with E-state index in [2.05, 4.69) is 65.6 Å². The summed E-state index contributed by atoms with van der Waals surface area (Å²) in [7, 11) is 0. The molecule has 0 spiro atoms. The molecule has 7 nitrogen and oxygen atoms in total. The molecule has 0 aromatic heterocycles. The second kappa shape index (κ2) is 33.4. The van der Waals surface area contributed by atoms with E-state index in [0.717, 1.165) is 83.8 Å². The van der Waals surface area contributed by atoms with Crippen LogP contribution in [0.1, 0.15) is 216 Å². The van der Waals surface area contributed by atoms with Crippen LogP contribution in [0.25, 0.3) is 0 Å². The molecule has 0 saturated carbocycles. The Kier molecular flexibility index (Phi) is 31.2. The number of nitrogens with one attached hydrogen (secondary N) is 1. The van der Waals surface area contributed by atoms with Crippen LogP contribution in [0.5, 0.6) is 0 Å². The lowest BCUT2D eigenvalue weighted by Crippen LogP contribution is -2.36. The maximum atomic E-state index is 12.9. The van der Waals surface area contributed by atoms with E-state index in [9.17, 15) is 14.4 Å². The van der Waals surface area contributed by atoms with Crippen molar-refractivity contribution < 1.29 is 23.9 Å². The highest BCUT2D eigenvalue weighted by Crippen LogP contribution is 2.23. The number of rotatable bonds is 36. The van der Waals surface area contributed by atoms with Gasteiger partial charge in [0.15, 0.2) is 0 Å². The number of likely N-dealkylation sites (tertiary alicyclic amines) is 1. The normalized spacial score (nSPS) is 15.3. The first-order valence-corrected chi connectivity index (χ1v) is 23.7. The zero-order valence-electron chi connectivity index (χ0n) is 37.7. The van der Waals surface area contributed by atoms with Gasteiger partial charge in [-0.05, 0) is 100.0 Å². The lowest BCUT2D eigenvalue weighted by Gasteiger charge is -2.21. The molecule has 55 heavy (non-hydrogen) atoms. The van der Waals surface area contributed by atoms with Gasteiger partial charge in [-0.2, -0.15) is 0 Å². The average molecular weight is 777 g/mol. The molecule has 0 radical (unpaired) electrons. The van der Waals surface area contributed by atoms with Gasteiger partial charge in [0.2, 0.25) is 5.91 Å². The summed E-state index contributed by atoms with van der Waals surface area (Å²) in [6.45, 7) is 22.3. The highest BCUT2D eigenvalue weighted by Gasteiger charge is 2.19. The third kappa shape index (κ3) is 30.2. The summed E-state index contributed by atoms with van der Waals surface area (Å²) >= 11 is 0. The molecule has 1 aliphatic heterocycles. The fourth-order valence-electron chi connectivity index (χ4n) is 7.80. The van der Waals surface area contributed by atoms with Crippen LogP contribution in [-0.4, -0.2) is 61.6 Å². The maximum Gasteiger partial charge on any atom is 0.305 e. The third-order valence-corrected chi connectivity index (χ3v) is 12.1. The fraction of sp³-hybridized carbons (Fsp3) is 0.938. The van der Waals surface area contributed by atoms with E-state index in [1.807, 2.05) is 0 Å². The molecular formula is C48H92N2O5. The van der Waals surface area contributed by atoms with E-state index in [0.29, 0.717) is 68.0 Å². The Balaban J connectivity index is 2.23. The van der Waals surface area contributed by atoms with E-state index in [1.165, 1.54) is 77.0 Å². The van der Waals surface area contributed by atoms with Crippen molar-refractivity contribution in [3.05, 3.63) is 0 Å². The number of carbonyl (C=O) groups is 3. The van der Waals surface area contributed by atoms with Crippen molar-refractivity contribution in [2.24, 2.45) is 35.5 Å². The molecule has 0 aliphatic carbocycles. The van der Waals surface area contributed by atoms with Gasteiger partial charge < -0.3 is 19.7 Å². The Hall–Kier alpha value is -1.63. The van der Waals surface area contributed by atoms with Crippen LogP contribution in [0.15, 0.2) is 0 Å². The lowest BCUT2D eigenvalue weighted by atomic mass is 9.89. The minimum absolute atomic E-state index is 0.0272. The van der Waals surface area contributed by atoms with Crippen LogP contribution in [0, 0.1) is 35.5 Å². The number of nitrogens with zero attached hydrogens (tertiary/aromatic N) is 1. The maximum absolute atomic E-state index is 12.9. The Morgan fingerprint density at radius 1 is 0.491 bits per heavy atom. The van der Waals surface area contributed by atoms with E-state index >= 15 is 0 Å². The van der Waals surface area contributed by atoms with Crippen molar-refractivity contribution in [1.82, 2.24) is 10.2 Å². The molecule has 1 saturated heterocycles. The SMILES string of the molecule is CC(C)CCC(COC(=O)CCCCCCCCCC(CCCCCCCCCC(=O)OCC(CCC(C)C)C(C)C)NC(=O)CCN1CCCC1)C(C)C. The third-order valence-electron chi connectivity index (χ3n) is 12.1. The molecule has 1 heterocycles. The summed E-state index contributed by atoms with van der Waals surface area (Å²) in [5.74, 6) is 3.57. The Morgan fingerprint density at radius 2 is 0.873 bits per heavy atom. The number of hydrogen-bond donors (Lipinski definition) is 1. The molecule has 0 aromatic rings. The number of amides is 1. The summed E-state index contributed by atoms with van der Waals surface area (Å²) in [6, 6.07) is 0.282. The summed E-state index contributed by atoms with van der Waals surface area (Å²) < 4.78 is 11.3. The standard InChI is InChI=1S/C48H92N2O5/c1-39(2)29-31-43(41(5)6)37-54-47(52)27-21-17-13-9-11-15-19-25-45(49-46(51)33-36-50-34-23-24-35-50)26-20-16-12-10-14-18-22-28-48(53)55-38-44(42(7)8)32-30-40(3)4/h39-45H,9-38H2,1-8H3,(H,49,51). The minimum atomic E-state index is -0.0272. The number of carbonyl (C=O) groups excluding carboxylic acids is 3. The molecule has 2 atom stereocenters. The number of esters is 2. The minimum Gasteiger partial charge on any atom is -0.465 e. The van der Waals surface area contributed by atoms with Crippen LogP contribution >= 0.6 is 0 Å². The van der Waals surface area contributed by atoms with Crippen LogP contribution in [0.4, 0.5) is 0 Å². The molecule has 2 unspecified atom stereocenters. The molecule has 0 bridgehead atoms. The van der Waals surface area contributed by atoms with Crippen LogP contribution in [0.2, 0.25) is 0 Å². The highest BCUT2D eigenvalue weighted by atomic mass is 16.5. The summed E-state index contributed by atoms with van der Waals surface area (Å²) in [5.41, 5.74) is 0. The summed E-state index contributed by atoms with van der Waals surface area (Å²) in [4.78, 5) is 40.0. The highest BCUT2D eigenvalue weighted by molar-refractivity contribution is 5.76. The van der Waals surface area contributed by atoms with Gasteiger partial charge in [0.1, 0.15) is 0 Å². The molecule has 0 aromatic carbocycles. The van der Waals surface area contributed by atoms with E-state index < -0.39 is 0 Å². The molecule has 1 amide bonds. The molecule has 324 valence electrons. The molecule has 1 rings (SSSR count). The van der Waals surface area contributed by atoms with Gasteiger partial charge in [-0.15, -0.1) is 0 Å². The van der Waals surface area contributed by atoms with Crippen molar-refractivity contribution in [1.29, 1.82) is 0 Å². The summed E-state index contributed by atoms with van der Waals surface area (Å²) in [5, 5.41) is 3.42. The zero-order chi connectivity index (χ0) is 40.7. The van der Waals surface area contributed by atoms with E-state index in [-0.39, 0.29) is 23.9 Å². The van der Waals surface area contributed by atoms with Gasteiger partial charge in [-0.25, -0.2) is 0 Å². The zero-order valence-corrected chi connectivity index (χ0v) is 37.7. The molecule has 1 fully saturated rings. The van der Waals surface area contributed by atoms with Gasteiger partial charge in [-0.1, -0.05) is 145 Å². The van der Waals surface area contributed by atoms with Crippen molar-refractivity contribution >= 4 is 17.8 Å². The first-order chi connectivity index (χ1) is 26.4. The van der Waals surface area contributed by atoms with Crippen molar-refractivity contribution in [3.63, 3.8) is 0 Å². The number of unbranched alkanes of at least 4 members (excludes halogenated alkanes) is 12. The van der Waals surface area contributed by atoms with Crippen molar-refractivity contribution in [2.75, 3.05) is 32.8 Å². The first kappa shape index (κ1) is 51.4. The lowest BCUT2D eigenvalue weighted by molar-refractivity contribution is -0.146. The monoisotopic (exact) mass is 777 g/mol. The number of ether oxygens (including phenoxy) is 2. The average Bonchev–Trinajstić information content (AvgIpc) is 3.65. The largest absolute Gasteiger partial charge is 0.465 e. The molecule has 1 aliphatic rings. The Morgan fingerprint density at radius 3 is 1.25 bits per heavy atom. The summed E-state index contributed by atoms with van der Waals surface area (Å²) in [6.07, 6.45) is 27.0. The van der Waals surface area contributed by atoms with Crippen LogP contribution in [0.3, 0.4) is 0 Å². The molecule has 7 heteroatoms. The van der Waals surface area contributed by atoms with Crippen molar-refractivity contribution in [3.8, 4) is 0 Å². The van der Waals surface area contributed by atoms with Crippen LogP contribution in [-0.2, 0) is 23.9 Å². The van der Waals surface area contributed by atoms with Crippen LogP contribution < -0.4 is 5.32 Å². The van der Waals surface area contributed by atoms with Gasteiger partial charge in [0.25, 0.3) is 0 Å². The molecular weight excluding hydrogens is 685 g/mol. The Labute approximate surface area is 341 Å². The van der Waals surface area contributed by atoms with Gasteiger partial charge in [-0.3, -0.25) is 14.4 Å². The van der Waals surface area contributed by atoms with Gasteiger partial charge in [0, 0.05) is 31.8 Å².